The third-order valence-corrected chi connectivity index (χ3v) is 14.2. The maximum atomic E-state index is 14.4. The van der Waals surface area contributed by atoms with Gasteiger partial charge in [0.2, 0.25) is 0 Å². The van der Waals surface area contributed by atoms with E-state index in [1.165, 1.54) is 39.2 Å². The second-order valence-electron chi connectivity index (χ2n) is 19.6. The number of aliphatic hydroxyl groups excluding tert-OH is 1. The molecule has 0 amide bonds. The molecule has 1 fully saturated rings. The number of hydrogen-bond acceptors (Lipinski definition) is 6. The molecule has 8 bridgehead atoms. The zero-order valence-electron chi connectivity index (χ0n) is 41.6. The van der Waals surface area contributed by atoms with Crippen LogP contribution in [0.25, 0.3) is 35.2 Å². The molecule has 0 aromatic carbocycles. The van der Waals surface area contributed by atoms with Gasteiger partial charge in [-0.2, -0.15) is 11.4 Å². The summed E-state index contributed by atoms with van der Waals surface area (Å²) in [6, 6.07) is 0. The number of esters is 2. The molecule has 0 radical (unpaired) electrons. The van der Waals surface area contributed by atoms with Crippen LogP contribution in [0.2, 0.25) is 0 Å². The standard InChI is InChI=1S/C55H73N4O6.Mg/c1-13-39-34(8)42-27-44-36(10)41(21-22-48(61)65-24-23-33(7)26-38(60)25-32(6)20-16-19-31(5)18-15-17-30(3)4)52(58-44)50-51(55(63)64-12)54(62)49-37(11)45(59-53(49)50)29-47-40(14-2)35(9)43(57-47)28-46(39)56-42;/h13,23,27-32,36,38,41,51,60H,1,14-22,24-26H2,2-12H3,(H-,58,59,62);/q-3;+2/p-1/b33-23+,43-28-,44-27-,47-29-;/t31-,32-,36+,38+,41+,51-;/m1./s1. The van der Waals surface area contributed by atoms with Gasteiger partial charge in [-0.05, 0) is 94.6 Å². The van der Waals surface area contributed by atoms with Crippen LogP contribution in [0.4, 0.5) is 0 Å². The van der Waals surface area contributed by atoms with E-state index in [9.17, 15) is 19.5 Å². The number of methoxy groups -OCH3 is 1. The van der Waals surface area contributed by atoms with Gasteiger partial charge in [-0.25, -0.2) is 0 Å². The molecule has 2 aliphatic heterocycles. The Morgan fingerprint density at radius 2 is 1.56 bits per heavy atom. The molecule has 1 aliphatic carbocycles. The molecule has 66 heavy (non-hydrogen) atoms. The molecule has 5 heterocycles. The number of ether oxygens (including phenoxy) is 2. The zero-order chi connectivity index (χ0) is 47.3. The molecule has 0 saturated carbocycles. The summed E-state index contributed by atoms with van der Waals surface area (Å²) in [6.45, 7) is 25.4. The number of Topliss-reactive ketones (excluding diaryl/α,β-unsaturated/α-hetero) is 1. The SMILES string of the molecule is C=Cc1c2[n-]c(c1C)/C=C1\[N-]/C(=C3\c4[n-]c(c(C)c4C(=O)[C@@H]3C(=O)OC)/C=c3\[n-]/c(c(C)c3CC)=C\2)[C@@H](CCC(=O)OC/C=C(\C)C[C@@H](O)C[C@H](C)CCC[C@H](C)CCCC(C)C)[C@@H]1C.[Mg+2]. The van der Waals surface area contributed by atoms with Gasteiger partial charge in [0, 0.05) is 12.0 Å². The van der Waals surface area contributed by atoms with Crippen molar-refractivity contribution in [2.24, 2.45) is 35.5 Å². The molecule has 0 spiro atoms. The number of rotatable bonds is 20. The summed E-state index contributed by atoms with van der Waals surface area (Å²) in [5.41, 5.74) is 10.2. The maximum absolute atomic E-state index is 14.4. The van der Waals surface area contributed by atoms with Crippen molar-refractivity contribution in [3.63, 3.8) is 0 Å². The quantitative estimate of drug-likeness (QED) is 0.0507. The van der Waals surface area contributed by atoms with E-state index >= 15 is 0 Å². The number of carbonyl (C=O) groups is 3. The van der Waals surface area contributed by atoms with E-state index in [1.54, 1.807) is 0 Å². The molecule has 0 unspecified atom stereocenters. The van der Waals surface area contributed by atoms with Gasteiger partial charge < -0.3 is 34.8 Å². The normalized spacial score (nSPS) is 22.0. The van der Waals surface area contributed by atoms with E-state index in [2.05, 4.69) is 55.0 Å². The van der Waals surface area contributed by atoms with Gasteiger partial charge in [-0.1, -0.05) is 144 Å². The summed E-state index contributed by atoms with van der Waals surface area (Å²) in [7, 11) is 1.28. The van der Waals surface area contributed by atoms with Crippen LogP contribution < -0.4 is 25.7 Å². The van der Waals surface area contributed by atoms with Gasteiger partial charge in [-0.3, -0.25) is 14.4 Å². The first-order valence-electron chi connectivity index (χ1n) is 24.1. The van der Waals surface area contributed by atoms with Crippen molar-refractivity contribution in [1.29, 1.82) is 0 Å². The molecule has 6 rings (SSSR count). The van der Waals surface area contributed by atoms with Gasteiger partial charge in [0.05, 0.1) is 13.2 Å². The number of ketones is 1. The Morgan fingerprint density at radius 3 is 2.23 bits per heavy atom. The Balaban J connectivity index is 0.00000817. The number of carbonyl (C=O) groups excluding carboxylic acids is 3. The fraction of sp³-hybridized carbons (Fsp3) is 0.545. The van der Waals surface area contributed by atoms with Gasteiger partial charge in [0.1, 0.15) is 12.5 Å². The minimum atomic E-state index is -1.24. The van der Waals surface area contributed by atoms with Crippen molar-refractivity contribution in [2.45, 2.75) is 146 Å². The average molecular weight is 910 g/mol. The Morgan fingerprint density at radius 1 is 0.894 bits per heavy atom. The summed E-state index contributed by atoms with van der Waals surface area (Å²) in [5.74, 6) is -1.28. The smallest absolute Gasteiger partial charge is 0.664 e. The second kappa shape index (κ2) is 23.1. The number of nitrogens with zero attached hydrogens (tertiary/aromatic N) is 4. The number of aliphatic hydroxyl groups is 1. The predicted octanol–water partition coefficient (Wildman–Crippen LogP) is 9.34. The topological polar surface area (TPSA) is 146 Å². The van der Waals surface area contributed by atoms with Crippen molar-refractivity contribution in [2.75, 3.05) is 13.7 Å². The van der Waals surface area contributed by atoms with E-state index in [0.717, 1.165) is 86.7 Å². The van der Waals surface area contributed by atoms with E-state index in [0.29, 0.717) is 52.5 Å². The fourth-order valence-corrected chi connectivity index (χ4v) is 10.2. The molecular formula is C55H72MgN4O6-2. The Labute approximate surface area is 409 Å². The van der Waals surface area contributed by atoms with Crippen LogP contribution in [0.15, 0.2) is 29.6 Å². The molecule has 10 nitrogen and oxygen atoms in total. The van der Waals surface area contributed by atoms with E-state index in [4.69, 9.17) is 29.7 Å². The fourth-order valence-electron chi connectivity index (χ4n) is 10.2. The first kappa shape index (κ1) is 52.6. The van der Waals surface area contributed by atoms with Crippen LogP contribution >= 0.6 is 0 Å². The summed E-state index contributed by atoms with van der Waals surface area (Å²) >= 11 is 0. The molecule has 3 aliphatic rings. The summed E-state index contributed by atoms with van der Waals surface area (Å²) in [5, 5.41) is 17.7. The van der Waals surface area contributed by atoms with Crippen molar-refractivity contribution in [1.82, 2.24) is 15.0 Å². The molecule has 3 aromatic heterocycles. The Kier molecular flexibility index (Phi) is 18.4. The molecule has 352 valence electrons. The maximum Gasteiger partial charge on any atom is 2.00 e. The molecule has 1 N–H and O–H groups in total. The minimum Gasteiger partial charge on any atom is -0.664 e. The van der Waals surface area contributed by atoms with E-state index in [1.807, 2.05) is 51.2 Å². The van der Waals surface area contributed by atoms with Crippen LogP contribution in [-0.4, -0.2) is 65.7 Å². The van der Waals surface area contributed by atoms with Gasteiger partial charge in [0.25, 0.3) is 0 Å². The van der Waals surface area contributed by atoms with E-state index in [-0.39, 0.29) is 59.7 Å². The molecule has 3 aromatic rings. The molecule has 11 heteroatoms. The van der Waals surface area contributed by atoms with E-state index < -0.39 is 18.0 Å². The number of fused-ring (bicyclic) bond motifs is 7. The Bertz CT molecular complexity index is 2490. The van der Waals surface area contributed by atoms with Crippen LogP contribution in [0.1, 0.15) is 174 Å². The van der Waals surface area contributed by atoms with Gasteiger partial charge >= 0.3 is 35.0 Å². The number of allylic oxidation sites excluding steroid dienone is 2. The molecule has 1 saturated heterocycles. The third kappa shape index (κ3) is 11.7. The minimum absolute atomic E-state index is 0. The summed E-state index contributed by atoms with van der Waals surface area (Å²) in [4.78, 5) is 56.6. The van der Waals surface area contributed by atoms with Gasteiger partial charge in [0.15, 0.2) is 5.78 Å². The second-order valence-corrected chi connectivity index (χ2v) is 19.6. The van der Waals surface area contributed by atoms with Gasteiger partial charge in [-0.15, -0.1) is 33.5 Å². The summed E-state index contributed by atoms with van der Waals surface area (Å²) < 4.78 is 11.0. The summed E-state index contributed by atoms with van der Waals surface area (Å²) in [6.07, 6.45) is 19.1. The van der Waals surface area contributed by atoms with Crippen molar-refractivity contribution >= 4 is 70.7 Å². The average Bonchev–Trinajstić information content (AvgIpc) is 3.99. The Hall–Kier alpha value is -4.32. The zero-order valence-corrected chi connectivity index (χ0v) is 43.0. The first-order chi connectivity index (χ1) is 31.0. The van der Waals surface area contributed by atoms with Crippen LogP contribution in [0.5, 0.6) is 0 Å². The number of hydrogen-bond donors (Lipinski definition) is 1. The van der Waals surface area contributed by atoms with Crippen molar-refractivity contribution in [3.8, 4) is 0 Å². The predicted molar refractivity (Wildman–Crippen MR) is 266 cm³/mol. The first-order valence-corrected chi connectivity index (χ1v) is 24.1. The van der Waals surface area contributed by atoms with Crippen LogP contribution in [0.3, 0.4) is 0 Å². The van der Waals surface area contributed by atoms with Crippen LogP contribution in [0, 0.1) is 56.3 Å². The third-order valence-electron chi connectivity index (χ3n) is 14.2. The molecular weight excluding hydrogens is 837 g/mol. The monoisotopic (exact) mass is 909 g/mol. The number of aromatic nitrogens is 3. The van der Waals surface area contributed by atoms with Crippen LogP contribution in [-0.2, 0) is 25.5 Å². The largest absolute Gasteiger partial charge is 2.00 e. The van der Waals surface area contributed by atoms with Crippen molar-refractivity contribution in [3.05, 3.63) is 102 Å². The molecule has 6 atom stereocenters. The van der Waals surface area contributed by atoms with Crippen molar-refractivity contribution < 1.29 is 29.0 Å².